The molecule has 1 N–H and O–H groups in total. The van der Waals surface area contributed by atoms with Crippen molar-refractivity contribution >= 4 is 27.5 Å². The second-order valence-electron chi connectivity index (χ2n) is 8.42. The van der Waals surface area contributed by atoms with Crippen LogP contribution in [0.25, 0.3) is 0 Å². The molecule has 0 unspecified atom stereocenters. The Labute approximate surface area is 207 Å². The molecule has 1 aliphatic rings. The van der Waals surface area contributed by atoms with E-state index < -0.39 is 28.5 Å². The van der Waals surface area contributed by atoms with Gasteiger partial charge in [0.15, 0.2) is 11.5 Å². The van der Waals surface area contributed by atoms with Crippen molar-refractivity contribution in [2.45, 2.75) is 46.7 Å². The molecule has 35 heavy (non-hydrogen) atoms. The minimum Gasteiger partial charge on any atom is -0.454 e. The summed E-state index contributed by atoms with van der Waals surface area (Å²) in [6.45, 7) is 7.33. The number of hydrogen-bond acceptors (Lipinski definition) is 6. The number of fused-ring (bicyclic) bond motifs is 1. The number of carbonyl (C=O) groups excluding carboxylic acids is 2. The molecule has 0 saturated carbocycles. The summed E-state index contributed by atoms with van der Waals surface area (Å²) < 4.78 is 37.8. The monoisotopic (exact) mass is 503 g/mol. The average molecular weight is 504 g/mol. The van der Waals surface area contributed by atoms with E-state index in [0.29, 0.717) is 23.7 Å². The van der Waals surface area contributed by atoms with Gasteiger partial charge in [0.2, 0.25) is 28.6 Å². The van der Waals surface area contributed by atoms with E-state index in [1.54, 1.807) is 25.1 Å². The fraction of sp³-hybridized carbons (Fsp3) is 0.440. The van der Waals surface area contributed by atoms with Gasteiger partial charge in [-0.2, -0.15) is 0 Å². The Kier molecular flexibility index (Phi) is 8.61. The fourth-order valence-corrected chi connectivity index (χ4v) is 4.68. The molecular formula is C25H33N3O6S. The van der Waals surface area contributed by atoms with E-state index in [2.05, 4.69) is 5.32 Å². The van der Waals surface area contributed by atoms with E-state index in [-0.39, 0.29) is 25.0 Å². The van der Waals surface area contributed by atoms with Crippen LogP contribution >= 0.6 is 0 Å². The molecule has 9 nitrogen and oxygen atoms in total. The maximum atomic E-state index is 13.6. The third-order valence-electron chi connectivity index (χ3n) is 5.81. The van der Waals surface area contributed by atoms with Crippen LogP contribution in [0.1, 0.15) is 38.3 Å². The number of carbonyl (C=O) groups is 2. The Hall–Kier alpha value is -3.27. The number of nitrogens with zero attached hydrogens (tertiary/aromatic N) is 2. The Morgan fingerprint density at radius 2 is 1.74 bits per heavy atom. The highest BCUT2D eigenvalue weighted by molar-refractivity contribution is 7.92. The summed E-state index contributed by atoms with van der Waals surface area (Å²) in [4.78, 5) is 27.8. The molecule has 2 aromatic carbocycles. The minimum absolute atomic E-state index is 0.0486. The van der Waals surface area contributed by atoms with Crippen molar-refractivity contribution in [2.75, 3.05) is 29.9 Å². The van der Waals surface area contributed by atoms with Crippen molar-refractivity contribution in [1.82, 2.24) is 10.2 Å². The van der Waals surface area contributed by atoms with Gasteiger partial charge < -0.3 is 19.7 Å². The van der Waals surface area contributed by atoms with Crippen molar-refractivity contribution in [1.29, 1.82) is 0 Å². The molecule has 0 spiro atoms. The second kappa shape index (κ2) is 11.4. The van der Waals surface area contributed by atoms with E-state index in [4.69, 9.17) is 9.47 Å². The molecule has 2 amide bonds. The molecule has 1 atom stereocenters. The second-order valence-corrected chi connectivity index (χ2v) is 10.6. The van der Waals surface area contributed by atoms with Gasteiger partial charge in [-0.25, -0.2) is 8.42 Å². The van der Waals surface area contributed by atoms with E-state index in [1.807, 2.05) is 38.1 Å². The SMILES string of the molecule is CCCNC(=O)[C@@H](C)N(Cc1ccc(C)cc1)C(=O)CN(c1ccc2c(c1)OCO2)S(=O)(=O)CC. The normalized spacial score (nSPS) is 13.3. The van der Waals surface area contributed by atoms with Crippen molar-refractivity contribution < 1.29 is 27.5 Å². The van der Waals surface area contributed by atoms with E-state index >= 15 is 0 Å². The van der Waals surface area contributed by atoms with Gasteiger partial charge >= 0.3 is 0 Å². The maximum Gasteiger partial charge on any atom is 0.244 e. The number of ether oxygens (including phenoxy) is 2. The number of anilines is 1. The summed E-state index contributed by atoms with van der Waals surface area (Å²) in [7, 11) is -3.81. The number of amides is 2. The van der Waals surface area contributed by atoms with Crippen LogP contribution in [0, 0.1) is 6.92 Å². The molecule has 0 aromatic heterocycles. The van der Waals surface area contributed by atoms with Crippen LogP contribution in [-0.4, -0.2) is 56.8 Å². The van der Waals surface area contributed by atoms with Crippen molar-refractivity contribution in [3.8, 4) is 11.5 Å². The van der Waals surface area contributed by atoms with Crippen molar-refractivity contribution in [2.24, 2.45) is 0 Å². The molecule has 1 heterocycles. The molecule has 0 bridgehead atoms. The van der Waals surface area contributed by atoms with Gasteiger partial charge in [-0.1, -0.05) is 36.8 Å². The molecule has 0 aliphatic carbocycles. The van der Waals surface area contributed by atoms with Crippen LogP contribution in [0.4, 0.5) is 5.69 Å². The third-order valence-corrected chi connectivity index (χ3v) is 7.55. The Bertz CT molecular complexity index is 1150. The first kappa shape index (κ1) is 26.3. The summed E-state index contributed by atoms with van der Waals surface area (Å²) in [6, 6.07) is 11.6. The topological polar surface area (TPSA) is 105 Å². The highest BCUT2D eigenvalue weighted by Crippen LogP contribution is 2.36. The molecule has 0 fully saturated rings. The summed E-state index contributed by atoms with van der Waals surface area (Å²) in [5.74, 6) is -0.0508. The first-order chi connectivity index (χ1) is 16.7. The zero-order valence-electron chi connectivity index (χ0n) is 20.6. The lowest BCUT2D eigenvalue weighted by Crippen LogP contribution is -2.51. The summed E-state index contributed by atoms with van der Waals surface area (Å²) in [6.07, 6.45) is 0.761. The molecule has 0 radical (unpaired) electrons. The number of aryl methyl sites for hydroxylation is 1. The number of nitrogens with one attached hydrogen (secondary N) is 1. The van der Waals surface area contributed by atoms with Crippen LogP contribution in [0.2, 0.25) is 0 Å². The predicted octanol–water partition coefficient (Wildman–Crippen LogP) is 2.82. The Morgan fingerprint density at radius 3 is 2.40 bits per heavy atom. The van der Waals surface area contributed by atoms with Gasteiger partial charge in [-0.15, -0.1) is 0 Å². The standard InChI is InChI=1S/C25H33N3O6S/c1-5-13-26-25(30)19(4)27(15-20-9-7-18(3)8-10-20)24(29)16-28(35(31,32)6-2)21-11-12-22-23(14-21)34-17-33-22/h7-12,14,19H,5-6,13,15-17H2,1-4H3,(H,26,30)/t19-/m1/s1. The highest BCUT2D eigenvalue weighted by atomic mass is 32.2. The summed E-state index contributed by atoms with van der Waals surface area (Å²) in [5.41, 5.74) is 2.21. The Balaban J connectivity index is 1.92. The number of benzene rings is 2. The molecule has 10 heteroatoms. The van der Waals surface area contributed by atoms with Crippen LogP contribution in [-0.2, 0) is 26.2 Å². The lowest BCUT2D eigenvalue weighted by molar-refractivity contribution is -0.139. The summed E-state index contributed by atoms with van der Waals surface area (Å²) >= 11 is 0. The van der Waals surface area contributed by atoms with Gasteiger partial charge in [0, 0.05) is 19.2 Å². The number of hydrogen-bond donors (Lipinski definition) is 1. The van der Waals surface area contributed by atoms with Gasteiger partial charge in [0.05, 0.1) is 11.4 Å². The summed E-state index contributed by atoms with van der Waals surface area (Å²) in [5, 5.41) is 2.82. The molecule has 190 valence electrons. The largest absolute Gasteiger partial charge is 0.454 e. The van der Waals surface area contributed by atoms with Crippen LogP contribution < -0.4 is 19.1 Å². The lowest BCUT2D eigenvalue weighted by atomic mass is 10.1. The Morgan fingerprint density at radius 1 is 1.06 bits per heavy atom. The van der Waals surface area contributed by atoms with Gasteiger partial charge in [-0.05, 0) is 44.9 Å². The van der Waals surface area contributed by atoms with Crippen molar-refractivity contribution in [3.63, 3.8) is 0 Å². The predicted molar refractivity (Wildman–Crippen MR) is 134 cm³/mol. The first-order valence-corrected chi connectivity index (χ1v) is 13.3. The smallest absolute Gasteiger partial charge is 0.244 e. The van der Waals surface area contributed by atoms with Gasteiger partial charge in [0.1, 0.15) is 12.6 Å². The fourth-order valence-electron chi connectivity index (χ4n) is 3.63. The minimum atomic E-state index is -3.81. The molecule has 0 saturated heterocycles. The molecule has 2 aromatic rings. The number of rotatable bonds is 11. The maximum absolute atomic E-state index is 13.6. The van der Waals surface area contributed by atoms with Crippen molar-refractivity contribution in [3.05, 3.63) is 53.6 Å². The highest BCUT2D eigenvalue weighted by Gasteiger charge is 2.31. The third kappa shape index (κ3) is 6.45. The molecule has 1 aliphatic heterocycles. The van der Waals surface area contributed by atoms with Crippen LogP contribution in [0.3, 0.4) is 0 Å². The zero-order valence-corrected chi connectivity index (χ0v) is 21.4. The van der Waals surface area contributed by atoms with Crippen LogP contribution in [0.5, 0.6) is 11.5 Å². The zero-order chi connectivity index (χ0) is 25.6. The lowest BCUT2D eigenvalue weighted by Gasteiger charge is -2.32. The van der Waals surface area contributed by atoms with E-state index in [0.717, 1.165) is 21.9 Å². The number of sulfonamides is 1. The average Bonchev–Trinajstić information content (AvgIpc) is 3.32. The van der Waals surface area contributed by atoms with E-state index in [1.165, 1.54) is 11.8 Å². The quantitative estimate of drug-likeness (QED) is 0.506. The van der Waals surface area contributed by atoms with Gasteiger partial charge in [0.25, 0.3) is 0 Å². The molecule has 3 rings (SSSR count). The van der Waals surface area contributed by atoms with E-state index in [9.17, 15) is 18.0 Å². The first-order valence-electron chi connectivity index (χ1n) is 11.7. The van der Waals surface area contributed by atoms with Gasteiger partial charge in [-0.3, -0.25) is 13.9 Å². The van der Waals surface area contributed by atoms with Crippen LogP contribution in [0.15, 0.2) is 42.5 Å². The molecular weight excluding hydrogens is 470 g/mol.